The Labute approximate surface area is 118 Å². The molecule has 4 heteroatoms. The smallest absolute Gasteiger partial charge is 0.160 e. The van der Waals surface area contributed by atoms with Gasteiger partial charge in [0.2, 0.25) is 0 Å². The van der Waals surface area contributed by atoms with E-state index in [0.717, 1.165) is 12.8 Å². The van der Waals surface area contributed by atoms with Crippen molar-refractivity contribution in [2.45, 2.75) is 45.0 Å². The lowest BCUT2D eigenvalue weighted by molar-refractivity contribution is 0.00176. The highest BCUT2D eigenvalue weighted by atomic mass is 19.2. The molecule has 112 valence electrons. The minimum absolute atomic E-state index is 0.0272. The third-order valence-electron chi connectivity index (χ3n) is 4.09. The van der Waals surface area contributed by atoms with E-state index in [9.17, 15) is 13.9 Å². The summed E-state index contributed by atoms with van der Waals surface area (Å²) in [4.78, 5) is 0. The van der Waals surface area contributed by atoms with Crippen molar-refractivity contribution in [3.05, 3.63) is 24.3 Å². The molecule has 0 aromatic heterocycles. The fraction of sp³-hybridized carbons (Fsp3) is 0.625. The van der Waals surface area contributed by atoms with Crippen LogP contribution in [-0.4, -0.2) is 24.1 Å². The number of hydrogen-bond acceptors (Lipinski definition) is 2. The van der Waals surface area contributed by atoms with Gasteiger partial charge in [-0.05, 0) is 37.3 Å². The Morgan fingerprint density at radius 2 is 1.80 bits per heavy atom. The first-order chi connectivity index (χ1) is 9.63. The van der Waals surface area contributed by atoms with Crippen LogP contribution in [0.5, 0.6) is 11.5 Å². The van der Waals surface area contributed by atoms with E-state index >= 15 is 0 Å². The average molecular weight is 284 g/mol. The third-order valence-corrected chi connectivity index (χ3v) is 4.09. The van der Waals surface area contributed by atoms with Crippen molar-refractivity contribution in [2.24, 2.45) is 11.8 Å². The number of phenolic OH excluding ortho intramolecular Hbond substituents is 1. The molecule has 4 atom stereocenters. The minimum Gasteiger partial charge on any atom is -0.504 e. The van der Waals surface area contributed by atoms with E-state index in [2.05, 4.69) is 0 Å². The molecule has 1 N–H and O–H groups in total. The van der Waals surface area contributed by atoms with Gasteiger partial charge in [-0.1, -0.05) is 25.5 Å². The Balaban J connectivity index is 1.90. The van der Waals surface area contributed by atoms with E-state index in [1.54, 1.807) is 18.2 Å². The van der Waals surface area contributed by atoms with Crippen molar-refractivity contribution in [1.82, 2.24) is 0 Å². The van der Waals surface area contributed by atoms with Crippen LogP contribution in [0, 0.1) is 11.8 Å². The Hall–Kier alpha value is -1.32. The molecular weight excluding hydrogens is 262 g/mol. The zero-order valence-electron chi connectivity index (χ0n) is 11.8. The molecule has 1 aliphatic rings. The van der Waals surface area contributed by atoms with Crippen LogP contribution >= 0.6 is 0 Å². The summed E-state index contributed by atoms with van der Waals surface area (Å²) in [7, 11) is 0. The van der Waals surface area contributed by atoms with Crippen LogP contribution in [0.2, 0.25) is 0 Å². The molecule has 1 aromatic rings. The minimum atomic E-state index is -1.47. The number of alkyl halides is 2. The van der Waals surface area contributed by atoms with Crippen molar-refractivity contribution >= 4 is 0 Å². The normalized spacial score (nSPS) is 30.1. The van der Waals surface area contributed by atoms with Crippen molar-refractivity contribution in [3.8, 4) is 11.5 Å². The number of ether oxygens (including phenoxy) is 1. The quantitative estimate of drug-likeness (QED) is 0.874. The summed E-state index contributed by atoms with van der Waals surface area (Å²) in [5.74, 6) is -0.237. The number of phenols is 1. The lowest BCUT2D eigenvalue weighted by Crippen LogP contribution is -2.40. The molecule has 0 aliphatic heterocycles. The Kier molecular flexibility index (Phi) is 5.21. The second kappa shape index (κ2) is 6.91. The molecule has 0 spiro atoms. The highest BCUT2D eigenvalue weighted by Gasteiger charge is 2.39. The van der Waals surface area contributed by atoms with Crippen LogP contribution in [0.25, 0.3) is 0 Å². The molecule has 0 amide bonds. The number of benzene rings is 1. The standard InChI is InChI=1S/C16H22F2O2/c1-2-5-11-8-9-12(16(18)15(11)17)10-20-14-7-4-3-6-13(14)19/h3-4,6-7,11-12,15-16,19H,2,5,8-10H2,1H3. The van der Waals surface area contributed by atoms with E-state index in [-0.39, 0.29) is 18.3 Å². The number of para-hydroxylation sites is 2. The largest absolute Gasteiger partial charge is 0.504 e. The number of rotatable bonds is 5. The molecule has 1 aliphatic carbocycles. The summed E-state index contributed by atoms with van der Waals surface area (Å²) in [5.41, 5.74) is 0. The maximum absolute atomic E-state index is 14.1. The zero-order valence-corrected chi connectivity index (χ0v) is 11.8. The molecule has 2 nitrogen and oxygen atoms in total. The molecule has 1 fully saturated rings. The van der Waals surface area contributed by atoms with Crippen LogP contribution in [0.3, 0.4) is 0 Å². The van der Waals surface area contributed by atoms with Gasteiger partial charge in [0, 0.05) is 5.92 Å². The first kappa shape index (κ1) is 15.1. The van der Waals surface area contributed by atoms with Crippen molar-refractivity contribution in [3.63, 3.8) is 0 Å². The van der Waals surface area contributed by atoms with Gasteiger partial charge in [-0.15, -0.1) is 0 Å². The lowest BCUT2D eigenvalue weighted by atomic mass is 9.77. The Morgan fingerprint density at radius 1 is 1.15 bits per heavy atom. The molecule has 0 heterocycles. The van der Waals surface area contributed by atoms with Gasteiger partial charge in [0.1, 0.15) is 12.3 Å². The maximum atomic E-state index is 14.1. The zero-order chi connectivity index (χ0) is 14.5. The highest BCUT2D eigenvalue weighted by Crippen LogP contribution is 2.37. The number of aromatic hydroxyl groups is 1. The molecule has 2 rings (SSSR count). The molecule has 0 bridgehead atoms. The molecular formula is C16H22F2O2. The predicted molar refractivity (Wildman–Crippen MR) is 74.5 cm³/mol. The molecule has 1 saturated carbocycles. The Morgan fingerprint density at radius 3 is 2.50 bits per heavy atom. The molecule has 1 aromatic carbocycles. The monoisotopic (exact) mass is 284 g/mol. The summed E-state index contributed by atoms with van der Waals surface area (Å²) >= 11 is 0. The van der Waals surface area contributed by atoms with Crippen LogP contribution in [0.4, 0.5) is 8.78 Å². The summed E-state index contributed by atoms with van der Waals surface area (Å²) in [6, 6.07) is 6.56. The third kappa shape index (κ3) is 3.41. The number of halogens is 2. The van der Waals surface area contributed by atoms with Crippen LogP contribution in [0.1, 0.15) is 32.6 Å². The summed E-state index contributed by atoms with van der Waals surface area (Å²) < 4.78 is 33.5. The molecule has 0 radical (unpaired) electrons. The Bertz CT molecular complexity index is 425. The summed E-state index contributed by atoms with van der Waals surface area (Å²) in [5, 5.41) is 9.58. The van der Waals surface area contributed by atoms with Crippen LogP contribution in [-0.2, 0) is 0 Å². The van der Waals surface area contributed by atoms with Gasteiger partial charge >= 0.3 is 0 Å². The van der Waals surface area contributed by atoms with E-state index in [4.69, 9.17) is 4.74 Å². The fourth-order valence-electron chi connectivity index (χ4n) is 2.89. The van der Waals surface area contributed by atoms with Crippen LogP contribution in [0.15, 0.2) is 24.3 Å². The van der Waals surface area contributed by atoms with E-state index in [1.165, 1.54) is 6.07 Å². The second-order valence-electron chi connectivity index (χ2n) is 5.55. The first-order valence-corrected chi connectivity index (χ1v) is 7.32. The molecule has 4 unspecified atom stereocenters. The number of hydrogen-bond donors (Lipinski definition) is 1. The van der Waals surface area contributed by atoms with Crippen molar-refractivity contribution in [2.75, 3.05) is 6.61 Å². The fourth-order valence-corrected chi connectivity index (χ4v) is 2.89. The van der Waals surface area contributed by atoms with E-state index < -0.39 is 18.3 Å². The highest BCUT2D eigenvalue weighted by molar-refractivity contribution is 5.37. The SMILES string of the molecule is CCCC1CCC(COc2ccccc2O)C(F)C1F. The molecule has 20 heavy (non-hydrogen) atoms. The maximum Gasteiger partial charge on any atom is 0.160 e. The van der Waals surface area contributed by atoms with Gasteiger partial charge in [0.15, 0.2) is 11.5 Å². The lowest BCUT2D eigenvalue weighted by Gasteiger charge is -2.34. The van der Waals surface area contributed by atoms with Crippen molar-refractivity contribution < 1.29 is 18.6 Å². The second-order valence-corrected chi connectivity index (χ2v) is 5.55. The van der Waals surface area contributed by atoms with Gasteiger partial charge in [-0.3, -0.25) is 0 Å². The van der Waals surface area contributed by atoms with Gasteiger partial charge in [0.05, 0.1) is 6.61 Å². The molecule has 0 saturated heterocycles. The first-order valence-electron chi connectivity index (χ1n) is 7.32. The summed E-state index contributed by atoms with van der Waals surface area (Å²) in [6.07, 6.45) is 0.128. The van der Waals surface area contributed by atoms with Gasteiger partial charge in [-0.25, -0.2) is 8.78 Å². The van der Waals surface area contributed by atoms with Gasteiger partial charge in [0.25, 0.3) is 0 Å². The van der Waals surface area contributed by atoms with E-state index in [0.29, 0.717) is 18.6 Å². The summed E-state index contributed by atoms with van der Waals surface area (Å²) in [6.45, 7) is 2.10. The predicted octanol–water partition coefficient (Wildman–Crippen LogP) is 4.27. The average Bonchev–Trinajstić information content (AvgIpc) is 2.45. The van der Waals surface area contributed by atoms with Crippen molar-refractivity contribution in [1.29, 1.82) is 0 Å². The van der Waals surface area contributed by atoms with Crippen LogP contribution < -0.4 is 4.74 Å². The van der Waals surface area contributed by atoms with Gasteiger partial charge in [-0.2, -0.15) is 0 Å². The van der Waals surface area contributed by atoms with E-state index in [1.807, 2.05) is 6.92 Å². The van der Waals surface area contributed by atoms with Gasteiger partial charge < -0.3 is 9.84 Å². The topological polar surface area (TPSA) is 29.5 Å².